The summed E-state index contributed by atoms with van der Waals surface area (Å²) >= 11 is 18.0. The van der Waals surface area contributed by atoms with Crippen LogP contribution >= 0.6 is 34.8 Å². The summed E-state index contributed by atoms with van der Waals surface area (Å²) in [6.07, 6.45) is 0.676. The van der Waals surface area contributed by atoms with Crippen molar-refractivity contribution in [2.75, 3.05) is 11.9 Å². The van der Waals surface area contributed by atoms with Crippen molar-refractivity contribution in [3.63, 3.8) is 0 Å². The number of hydrogen-bond donors (Lipinski definition) is 1. The molecule has 0 radical (unpaired) electrons. The van der Waals surface area contributed by atoms with Gasteiger partial charge in [-0.3, -0.25) is 0 Å². The standard InChI is InChI=1S/C15H11Cl3FNO/c16-8-6-9-12(4-5-21-15(9)11(18)7-8)20-13-3-1-2-10(17)14(13)19/h1-3,6-7,12,20H,4-5H2. The van der Waals surface area contributed by atoms with Gasteiger partial charge in [0.1, 0.15) is 5.75 Å². The van der Waals surface area contributed by atoms with Crippen LogP contribution in [0.25, 0.3) is 0 Å². The number of fused-ring (bicyclic) bond motifs is 1. The number of hydrogen-bond acceptors (Lipinski definition) is 2. The zero-order chi connectivity index (χ0) is 15.0. The molecule has 1 aliphatic heterocycles. The number of rotatable bonds is 2. The first-order valence-corrected chi connectivity index (χ1v) is 7.52. The molecule has 110 valence electrons. The third kappa shape index (κ3) is 2.91. The second-order valence-corrected chi connectivity index (χ2v) is 5.99. The Morgan fingerprint density at radius 1 is 1.14 bits per heavy atom. The van der Waals surface area contributed by atoms with Gasteiger partial charge in [-0.15, -0.1) is 0 Å². The molecule has 6 heteroatoms. The summed E-state index contributed by atoms with van der Waals surface area (Å²) < 4.78 is 19.6. The van der Waals surface area contributed by atoms with Crippen LogP contribution < -0.4 is 10.1 Å². The van der Waals surface area contributed by atoms with Gasteiger partial charge in [0.15, 0.2) is 5.82 Å². The normalized spacial score (nSPS) is 17.0. The fraction of sp³-hybridized carbons (Fsp3) is 0.200. The molecule has 21 heavy (non-hydrogen) atoms. The highest BCUT2D eigenvalue weighted by Gasteiger charge is 2.25. The first kappa shape index (κ1) is 14.8. The minimum Gasteiger partial charge on any atom is -0.492 e. The molecule has 1 aliphatic rings. The molecule has 0 aromatic heterocycles. The molecule has 1 unspecified atom stereocenters. The largest absolute Gasteiger partial charge is 0.492 e. The first-order valence-electron chi connectivity index (χ1n) is 6.38. The van der Waals surface area contributed by atoms with Gasteiger partial charge >= 0.3 is 0 Å². The molecule has 2 aromatic rings. The van der Waals surface area contributed by atoms with Crippen LogP contribution in [0.3, 0.4) is 0 Å². The van der Waals surface area contributed by atoms with Gasteiger partial charge in [-0.1, -0.05) is 40.9 Å². The number of halogens is 4. The lowest BCUT2D eigenvalue weighted by Gasteiger charge is -2.28. The summed E-state index contributed by atoms with van der Waals surface area (Å²) in [4.78, 5) is 0. The van der Waals surface area contributed by atoms with E-state index in [-0.39, 0.29) is 11.1 Å². The third-order valence-corrected chi connectivity index (χ3v) is 4.14. The number of benzene rings is 2. The van der Waals surface area contributed by atoms with E-state index < -0.39 is 5.82 Å². The number of nitrogens with one attached hydrogen (secondary N) is 1. The van der Waals surface area contributed by atoms with Crippen LogP contribution in [-0.2, 0) is 0 Å². The van der Waals surface area contributed by atoms with Crippen LogP contribution in [0.1, 0.15) is 18.0 Å². The van der Waals surface area contributed by atoms with Gasteiger partial charge in [-0.25, -0.2) is 4.39 Å². The van der Waals surface area contributed by atoms with Gasteiger partial charge in [-0.05, 0) is 24.3 Å². The van der Waals surface area contributed by atoms with Crippen LogP contribution in [0.15, 0.2) is 30.3 Å². The highest BCUT2D eigenvalue weighted by Crippen LogP contribution is 2.41. The number of ether oxygens (including phenoxy) is 1. The summed E-state index contributed by atoms with van der Waals surface area (Å²) in [5, 5.41) is 4.19. The molecule has 0 spiro atoms. The SMILES string of the molecule is Fc1c(Cl)cccc1NC1CCOc2c(Cl)cc(Cl)cc21. The molecule has 0 aliphatic carbocycles. The molecule has 2 nitrogen and oxygen atoms in total. The van der Waals surface area contributed by atoms with Crippen molar-refractivity contribution in [1.29, 1.82) is 0 Å². The Hall–Kier alpha value is -1.16. The van der Waals surface area contributed by atoms with E-state index in [1.807, 2.05) is 0 Å². The van der Waals surface area contributed by atoms with E-state index in [1.165, 1.54) is 6.07 Å². The predicted molar refractivity (Wildman–Crippen MR) is 84.3 cm³/mol. The Bertz CT molecular complexity index is 693. The van der Waals surface area contributed by atoms with Crippen LogP contribution in [-0.4, -0.2) is 6.61 Å². The molecule has 0 fully saturated rings. The van der Waals surface area contributed by atoms with Gasteiger partial charge in [-0.2, -0.15) is 0 Å². The quantitative estimate of drug-likeness (QED) is 0.750. The van der Waals surface area contributed by atoms with Gasteiger partial charge < -0.3 is 10.1 Å². The Balaban J connectivity index is 1.97. The second kappa shape index (κ2) is 5.91. The summed E-state index contributed by atoms with van der Waals surface area (Å²) in [6, 6.07) is 8.11. The van der Waals surface area contributed by atoms with E-state index in [1.54, 1.807) is 24.3 Å². The highest BCUT2D eigenvalue weighted by molar-refractivity contribution is 6.35. The molecular formula is C15H11Cl3FNO. The maximum atomic E-state index is 14.0. The lowest BCUT2D eigenvalue weighted by atomic mass is 10.00. The average Bonchev–Trinajstić information content (AvgIpc) is 2.44. The van der Waals surface area contributed by atoms with Crippen molar-refractivity contribution in [2.24, 2.45) is 0 Å². The van der Waals surface area contributed by atoms with Crippen molar-refractivity contribution < 1.29 is 9.13 Å². The highest BCUT2D eigenvalue weighted by atomic mass is 35.5. The van der Waals surface area contributed by atoms with Crippen molar-refractivity contribution >= 4 is 40.5 Å². The summed E-state index contributed by atoms with van der Waals surface area (Å²) in [7, 11) is 0. The van der Waals surface area contributed by atoms with E-state index in [2.05, 4.69) is 5.32 Å². The van der Waals surface area contributed by atoms with E-state index in [0.717, 1.165) is 5.56 Å². The van der Waals surface area contributed by atoms with Crippen LogP contribution in [0.4, 0.5) is 10.1 Å². The van der Waals surface area contributed by atoms with Gasteiger partial charge in [0.2, 0.25) is 0 Å². The molecule has 0 bridgehead atoms. The molecule has 0 saturated carbocycles. The van der Waals surface area contributed by atoms with Crippen LogP contribution in [0.5, 0.6) is 5.75 Å². The van der Waals surface area contributed by atoms with E-state index in [0.29, 0.717) is 34.5 Å². The zero-order valence-electron chi connectivity index (χ0n) is 10.8. The van der Waals surface area contributed by atoms with E-state index in [9.17, 15) is 4.39 Å². The summed E-state index contributed by atoms with van der Waals surface area (Å²) in [5.41, 5.74) is 1.16. The monoisotopic (exact) mass is 345 g/mol. The van der Waals surface area contributed by atoms with Crippen molar-refractivity contribution in [2.45, 2.75) is 12.5 Å². The lowest BCUT2D eigenvalue weighted by Crippen LogP contribution is -2.21. The van der Waals surface area contributed by atoms with Crippen molar-refractivity contribution in [3.05, 3.63) is 56.8 Å². The van der Waals surface area contributed by atoms with Crippen LogP contribution in [0.2, 0.25) is 15.1 Å². The minimum absolute atomic E-state index is 0.0800. The second-order valence-electron chi connectivity index (χ2n) is 4.74. The molecule has 1 N–H and O–H groups in total. The average molecular weight is 347 g/mol. The Kier molecular flexibility index (Phi) is 4.16. The Labute approximate surface area is 136 Å². The smallest absolute Gasteiger partial charge is 0.164 e. The number of anilines is 1. The molecule has 0 amide bonds. The van der Waals surface area contributed by atoms with E-state index >= 15 is 0 Å². The molecule has 2 aromatic carbocycles. The Morgan fingerprint density at radius 2 is 1.95 bits per heavy atom. The fourth-order valence-electron chi connectivity index (χ4n) is 2.38. The maximum Gasteiger partial charge on any atom is 0.164 e. The van der Waals surface area contributed by atoms with E-state index in [4.69, 9.17) is 39.5 Å². The zero-order valence-corrected chi connectivity index (χ0v) is 13.1. The molecule has 3 rings (SSSR count). The van der Waals surface area contributed by atoms with Crippen LogP contribution in [0, 0.1) is 5.82 Å². The van der Waals surface area contributed by atoms with Gasteiger partial charge in [0.25, 0.3) is 0 Å². The topological polar surface area (TPSA) is 21.3 Å². The minimum atomic E-state index is -0.472. The van der Waals surface area contributed by atoms with Crippen molar-refractivity contribution in [3.8, 4) is 5.75 Å². The molecular weight excluding hydrogens is 336 g/mol. The summed E-state index contributed by atoms with van der Waals surface area (Å²) in [5.74, 6) is 0.118. The fourth-order valence-corrected chi connectivity index (χ4v) is 3.12. The van der Waals surface area contributed by atoms with Gasteiger partial charge in [0.05, 0.1) is 28.4 Å². The van der Waals surface area contributed by atoms with Crippen molar-refractivity contribution in [1.82, 2.24) is 0 Å². The molecule has 1 atom stereocenters. The molecule has 0 saturated heterocycles. The third-order valence-electron chi connectivity index (χ3n) is 3.35. The summed E-state index contributed by atoms with van der Waals surface area (Å²) in [6.45, 7) is 0.494. The lowest BCUT2D eigenvalue weighted by molar-refractivity contribution is 0.274. The molecule has 1 heterocycles. The van der Waals surface area contributed by atoms with Gasteiger partial charge in [0, 0.05) is 17.0 Å². The maximum absolute atomic E-state index is 14.0. The Morgan fingerprint density at radius 3 is 2.76 bits per heavy atom. The first-order chi connectivity index (χ1) is 10.1. The predicted octanol–water partition coefficient (Wildman–Crippen LogP) is 5.72.